The molecule has 0 unspecified atom stereocenters. The van der Waals surface area contributed by atoms with Gasteiger partial charge in [0, 0.05) is 39.2 Å². The summed E-state index contributed by atoms with van der Waals surface area (Å²) in [5.41, 5.74) is 16.8. The Balaban J connectivity index is 1.14. The molecule has 0 saturated carbocycles. The highest BCUT2D eigenvalue weighted by atomic mass is 16.5. The van der Waals surface area contributed by atoms with Crippen molar-refractivity contribution < 1.29 is 4.74 Å². The van der Waals surface area contributed by atoms with Crippen LogP contribution in [0.5, 0.6) is 11.5 Å². The number of aryl methyl sites for hydroxylation is 1. The predicted molar refractivity (Wildman–Crippen MR) is 227 cm³/mol. The van der Waals surface area contributed by atoms with E-state index in [0.717, 1.165) is 28.6 Å². The van der Waals surface area contributed by atoms with E-state index in [-0.39, 0.29) is 12.1 Å². The van der Waals surface area contributed by atoms with Crippen LogP contribution in [0, 0.1) is 6.92 Å². The maximum absolute atomic E-state index is 7.07. The fourth-order valence-corrected chi connectivity index (χ4v) is 9.53. The first kappa shape index (κ1) is 31.1. The first-order valence-electron chi connectivity index (χ1n) is 18.9. The molecule has 8 aromatic rings. The summed E-state index contributed by atoms with van der Waals surface area (Å²) in [6, 6.07) is 62.0. The summed E-state index contributed by atoms with van der Waals surface area (Å²) in [6.07, 6.45) is 0. The number of para-hydroxylation sites is 4. The Morgan fingerprint density at radius 2 is 1.24 bits per heavy atom. The van der Waals surface area contributed by atoms with Crippen molar-refractivity contribution in [2.45, 2.75) is 26.2 Å². The van der Waals surface area contributed by atoms with E-state index in [2.05, 4.69) is 200 Å². The lowest BCUT2D eigenvalue weighted by atomic mass is 9.34. The number of benzene rings is 8. The van der Waals surface area contributed by atoms with Crippen molar-refractivity contribution in [3.63, 3.8) is 0 Å². The molecule has 3 nitrogen and oxygen atoms in total. The molecule has 0 aromatic heterocycles. The molecule has 0 amide bonds. The first-order valence-corrected chi connectivity index (χ1v) is 18.9. The molecule has 0 saturated heterocycles. The summed E-state index contributed by atoms with van der Waals surface area (Å²) in [6.45, 7) is 7.01. The molecule has 0 fully saturated rings. The molecular weight excluding hydrogens is 655 g/mol. The van der Waals surface area contributed by atoms with Crippen LogP contribution in [0.1, 0.15) is 30.5 Å². The molecule has 11 rings (SSSR count). The highest BCUT2D eigenvalue weighted by molar-refractivity contribution is 6.99. The van der Waals surface area contributed by atoms with Gasteiger partial charge in [0.2, 0.25) is 0 Å². The first-order chi connectivity index (χ1) is 26.5. The molecule has 2 aliphatic heterocycles. The van der Waals surface area contributed by atoms with Gasteiger partial charge in [-0.25, -0.2) is 0 Å². The number of hydrogen-bond acceptors (Lipinski definition) is 3. The molecule has 54 heavy (non-hydrogen) atoms. The van der Waals surface area contributed by atoms with Crippen molar-refractivity contribution in [2.24, 2.45) is 0 Å². The average Bonchev–Trinajstić information content (AvgIpc) is 3.21. The fraction of sp³-hybridized carbons (Fsp3) is 0.0800. The summed E-state index contributed by atoms with van der Waals surface area (Å²) in [7, 11) is 0. The molecule has 3 aliphatic rings. The van der Waals surface area contributed by atoms with Crippen LogP contribution in [-0.4, -0.2) is 6.71 Å². The van der Waals surface area contributed by atoms with Gasteiger partial charge in [0.1, 0.15) is 11.5 Å². The minimum Gasteiger partial charge on any atom is -0.458 e. The predicted octanol–water partition coefficient (Wildman–Crippen LogP) is 11.3. The summed E-state index contributed by atoms with van der Waals surface area (Å²) < 4.78 is 7.07. The molecule has 0 spiro atoms. The monoisotopic (exact) mass is 692 g/mol. The van der Waals surface area contributed by atoms with E-state index >= 15 is 0 Å². The Labute approximate surface area is 316 Å². The van der Waals surface area contributed by atoms with E-state index in [1.165, 1.54) is 72.0 Å². The lowest BCUT2D eigenvalue weighted by Gasteiger charge is -2.42. The summed E-state index contributed by atoms with van der Waals surface area (Å²) in [5.74, 6) is 1.88. The van der Waals surface area contributed by atoms with Gasteiger partial charge in [0.15, 0.2) is 0 Å². The van der Waals surface area contributed by atoms with Crippen LogP contribution >= 0.6 is 0 Å². The standard InChI is InChI=1S/C50H37BN2O/c1-32-28-45-49-47(29-32)54-46-30-38-36-26-27-43(52(33-16-7-4-8-17-33)34-18-9-5-10-19-34)37-22-15-23-39(48(36)37)50(2,3)40(38)31-42(46)51(49)41-24-13-14-25-44(41)53(45)35-20-11-6-12-21-35/h4-31H,1-3H3. The topological polar surface area (TPSA) is 15.7 Å². The Hall–Kier alpha value is -6.52. The molecular formula is C50H37BN2O. The molecule has 4 heteroatoms. The minimum absolute atomic E-state index is 0.0430. The quantitative estimate of drug-likeness (QED) is 0.171. The Morgan fingerprint density at radius 1 is 0.556 bits per heavy atom. The third-order valence-electron chi connectivity index (χ3n) is 11.9. The van der Waals surface area contributed by atoms with Crippen molar-refractivity contribution in [3.05, 3.63) is 187 Å². The average molecular weight is 693 g/mol. The van der Waals surface area contributed by atoms with Crippen LogP contribution in [0.3, 0.4) is 0 Å². The maximum atomic E-state index is 7.07. The summed E-state index contributed by atoms with van der Waals surface area (Å²) >= 11 is 0. The van der Waals surface area contributed by atoms with Gasteiger partial charge < -0.3 is 14.5 Å². The normalized spacial score (nSPS) is 14.1. The van der Waals surface area contributed by atoms with E-state index in [9.17, 15) is 0 Å². The Kier molecular flexibility index (Phi) is 6.61. The molecule has 2 heterocycles. The van der Waals surface area contributed by atoms with E-state index in [1.54, 1.807) is 0 Å². The van der Waals surface area contributed by atoms with Gasteiger partial charge in [-0.15, -0.1) is 0 Å². The third-order valence-corrected chi connectivity index (χ3v) is 11.9. The minimum atomic E-state index is -0.263. The van der Waals surface area contributed by atoms with Gasteiger partial charge in [-0.1, -0.05) is 117 Å². The highest BCUT2D eigenvalue weighted by Gasteiger charge is 2.44. The molecule has 0 atom stereocenters. The third kappa shape index (κ3) is 4.37. The second-order valence-electron chi connectivity index (χ2n) is 15.4. The highest BCUT2D eigenvalue weighted by Crippen LogP contribution is 2.53. The molecule has 1 aliphatic carbocycles. The van der Waals surface area contributed by atoms with Crippen molar-refractivity contribution in [1.82, 2.24) is 0 Å². The van der Waals surface area contributed by atoms with Gasteiger partial charge in [0.25, 0.3) is 6.71 Å². The van der Waals surface area contributed by atoms with Crippen LogP contribution < -0.4 is 30.9 Å². The van der Waals surface area contributed by atoms with Crippen molar-refractivity contribution in [2.75, 3.05) is 9.80 Å². The number of rotatable bonds is 4. The zero-order valence-corrected chi connectivity index (χ0v) is 30.5. The van der Waals surface area contributed by atoms with Crippen molar-refractivity contribution in [1.29, 1.82) is 0 Å². The van der Waals surface area contributed by atoms with E-state index in [1.807, 2.05) is 0 Å². The van der Waals surface area contributed by atoms with Gasteiger partial charge in [-0.3, -0.25) is 0 Å². The molecule has 0 radical (unpaired) electrons. The largest absolute Gasteiger partial charge is 0.458 e. The van der Waals surface area contributed by atoms with Crippen LogP contribution in [0.15, 0.2) is 170 Å². The van der Waals surface area contributed by atoms with Crippen LogP contribution in [0.2, 0.25) is 0 Å². The number of fused-ring (bicyclic) bond motifs is 6. The Morgan fingerprint density at radius 3 is 1.98 bits per heavy atom. The maximum Gasteiger partial charge on any atom is 0.256 e. The van der Waals surface area contributed by atoms with Gasteiger partial charge >= 0.3 is 0 Å². The van der Waals surface area contributed by atoms with E-state index < -0.39 is 0 Å². The van der Waals surface area contributed by atoms with Crippen LogP contribution in [0.4, 0.5) is 34.1 Å². The van der Waals surface area contributed by atoms with Crippen LogP contribution in [-0.2, 0) is 5.41 Å². The zero-order valence-electron chi connectivity index (χ0n) is 30.5. The Bertz CT molecular complexity index is 2760. The van der Waals surface area contributed by atoms with Gasteiger partial charge in [-0.05, 0) is 123 Å². The van der Waals surface area contributed by atoms with Crippen molar-refractivity contribution in [3.8, 4) is 22.6 Å². The second-order valence-corrected chi connectivity index (χ2v) is 15.4. The zero-order chi connectivity index (χ0) is 36.1. The fourth-order valence-electron chi connectivity index (χ4n) is 9.53. The van der Waals surface area contributed by atoms with Gasteiger partial charge in [-0.2, -0.15) is 0 Å². The van der Waals surface area contributed by atoms with E-state index in [0.29, 0.717) is 0 Å². The lowest BCUT2D eigenvalue weighted by Crippen LogP contribution is -2.59. The van der Waals surface area contributed by atoms with Gasteiger partial charge in [0.05, 0.1) is 5.69 Å². The molecule has 8 aromatic carbocycles. The molecule has 0 N–H and O–H groups in total. The molecule has 256 valence electrons. The number of anilines is 6. The second kappa shape index (κ2) is 11.5. The summed E-state index contributed by atoms with van der Waals surface area (Å²) in [4.78, 5) is 4.80. The number of hydrogen-bond donors (Lipinski definition) is 0. The molecule has 0 bridgehead atoms. The lowest BCUT2D eigenvalue weighted by molar-refractivity contribution is 0.486. The SMILES string of the molecule is Cc1cc2c3c(c1)N(c1ccccc1)c1ccccc1B3c1cc3c(cc1O2)-c1ccc(N(c2ccccc2)c2ccccc2)c2cccc(c12)C3(C)C. The number of ether oxygens (including phenoxy) is 1. The van der Waals surface area contributed by atoms with E-state index in [4.69, 9.17) is 4.74 Å². The summed E-state index contributed by atoms with van der Waals surface area (Å²) in [5, 5.41) is 2.54. The number of nitrogens with zero attached hydrogens (tertiary/aromatic N) is 2. The smallest absolute Gasteiger partial charge is 0.256 e. The van der Waals surface area contributed by atoms with Crippen molar-refractivity contribution >= 4 is 68.0 Å². The van der Waals surface area contributed by atoms with Crippen LogP contribution in [0.25, 0.3) is 21.9 Å².